The fraction of sp³-hybridized carbons (Fsp3) is 0.462. The molecule has 4 heteroatoms. The molecule has 0 heterocycles. The van der Waals surface area contributed by atoms with Gasteiger partial charge in [0.05, 0.1) is 0 Å². The minimum atomic E-state index is -0.0304. The van der Waals surface area contributed by atoms with Crippen LogP contribution in [0.3, 0.4) is 0 Å². The molecule has 0 saturated heterocycles. The fourth-order valence-corrected chi connectivity index (χ4v) is 1.61. The summed E-state index contributed by atoms with van der Waals surface area (Å²) < 4.78 is 0. The quantitative estimate of drug-likeness (QED) is 0.523. The van der Waals surface area contributed by atoms with Gasteiger partial charge in [-0.15, -0.1) is 0 Å². The maximum atomic E-state index is 11.9. The lowest BCUT2D eigenvalue weighted by Gasteiger charge is -2.13. The average Bonchev–Trinajstić information content (AvgIpc) is 2.36. The normalized spacial score (nSPS) is 11.9. The molecular formula is C13H21N3O. The van der Waals surface area contributed by atoms with Crippen LogP contribution < -0.4 is 16.6 Å². The summed E-state index contributed by atoms with van der Waals surface area (Å²) in [4.78, 5) is 11.9. The third-order valence-electron chi connectivity index (χ3n) is 2.68. The summed E-state index contributed by atoms with van der Waals surface area (Å²) in [6.45, 7) is 4.18. The Morgan fingerprint density at radius 1 is 1.35 bits per heavy atom. The number of amides is 1. The smallest absolute Gasteiger partial charge is 0.251 e. The third kappa shape index (κ3) is 4.44. The van der Waals surface area contributed by atoms with Crippen LogP contribution in [0, 0.1) is 0 Å². The first-order chi connectivity index (χ1) is 8.17. The van der Waals surface area contributed by atoms with Crippen LogP contribution in [0.2, 0.25) is 0 Å². The molecule has 0 aliphatic heterocycles. The van der Waals surface area contributed by atoms with Gasteiger partial charge < -0.3 is 10.7 Å². The van der Waals surface area contributed by atoms with Gasteiger partial charge in [0.1, 0.15) is 0 Å². The Morgan fingerprint density at radius 2 is 2.00 bits per heavy atom. The van der Waals surface area contributed by atoms with Crippen molar-refractivity contribution in [2.45, 2.75) is 39.2 Å². The van der Waals surface area contributed by atoms with E-state index in [1.165, 1.54) is 0 Å². The van der Waals surface area contributed by atoms with Gasteiger partial charge in [0.2, 0.25) is 0 Å². The van der Waals surface area contributed by atoms with Crippen LogP contribution in [0.25, 0.3) is 0 Å². The molecule has 0 saturated carbocycles. The minimum Gasteiger partial charge on any atom is -0.350 e. The summed E-state index contributed by atoms with van der Waals surface area (Å²) in [5.41, 5.74) is 3.98. The number of unbranched alkanes of at least 4 members (excludes halogenated alkanes) is 1. The zero-order valence-corrected chi connectivity index (χ0v) is 10.5. The minimum absolute atomic E-state index is 0.0304. The lowest BCUT2D eigenvalue weighted by molar-refractivity contribution is 0.0938. The molecule has 94 valence electrons. The molecule has 1 amide bonds. The van der Waals surface area contributed by atoms with Crippen LogP contribution in [0.5, 0.6) is 0 Å². The van der Waals surface area contributed by atoms with Crippen LogP contribution in [0.15, 0.2) is 24.3 Å². The molecule has 0 bridgehead atoms. The van der Waals surface area contributed by atoms with Crippen molar-refractivity contribution in [2.24, 2.45) is 5.84 Å². The van der Waals surface area contributed by atoms with Crippen LogP contribution in [-0.2, 0) is 0 Å². The highest BCUT2D eigenvalue weighted by molar-refractivity contribution is 5.94. The van der Waals surface area contributed by atoms with Crippen LogP contribution in [-0.4, -0.2) is 11.9 Å². The molecule has 0 spiro atoms. The molecule has 0 fully saturated rings. The summed E-state index contributed by atoms with van der Waals surface area (Å²) in [6, 6.07) is 7.31. The summed E-state index contributed by atoms with van der Waals surface area (Å²) in [5.74, 6) is 5.23. The number of hydrazine groups is 1. The number of nitrogens with one attached hydrogen (secondary N) is 2. The Bertz CT molecular complexity index is 348. The predicted molar refractivity (Wildman–Crippen MR) is 70.7 cm³/mol. The van der Waals surface area contributed by atoms with Crippen LogP contribution >= 0.6 is 0 Å². The summed E-state index contributed by atoms with van der Waals surface area (Å²) in [6.07, 6.45) is 3.30. The van der Waals surface area contributed by atoms with Crippen molar-refractivity contribution in [2.75, 3.05) is 5.43 Å². The van der Waals surface area contributed by atoms with Crippen molar-refractivity contribution < 1.29 is 4.79 Å². The molecular weight excluding hydrogens is 214 g/mol. The van der Waals surface area contributed by atoms with E-state index in [0.717, 1.165) is 24.9 Å². The number of nitrogens with two attached hydrogens (primary N) is 1. The summed E-state index contributed by atoms with van der Waals surface area (Å²) in [5, 5.41) is 2.98. The van der Waals surface area contributed by atoms with Gasteiger partial charge in [-0.3, -0.25) is 10.6 Å². The number of nitrogen functional groups attached to an aromatic ring is 1. The maximum Gasteiger partial charge on any atom is 0.251 e. The number of benzene rings is 1. The van der Waals surface area contributed by atoms with Gasteiger partial charge in [0, 0.05) is 17.3 Å². The number of carbonyl (C=O) groups excluding carboxylic acids is 1. The van der Waals surface area contributed by atoms with E-state index in [-0.39, 0.29) is 11.9 Å². The largest absolute Gasteiger partial charge is 0.350 e. The second-order valence-electron chi connectivity index (χ2n) is 4.24. The second kappa shape index (κ2) is 6.91. The highest BCUT2D eigenvalue weighted by atomic mass is 16.1. The first-order valence-electron chi connectivity index (χ1n) is 6.05. The van der Waals surface area contributed by atoms with Gasteiger partial charge in [-0.1, -0.05) is 19.8 Å². The molecule has 0 aromatic heterocycles. The Labute approximate surface area is 103 Å². The molecule has 1 aromatic carbocycles. The van der Waals surface area contributed by atoms with E-state index in [2.05, 4.69) is 17.7 Å². The lowest BCUT2D eigenvalue weighted by Crippen LogP contribution is -2.32. The highest BCUT2D eigenvalue weighted by Gasteiger charge is 2.08. The van der Waals surface area contributed by atoms with Gasteiger partial charge >= 0.3 is 0 Å². The van der Waals surface area contributed by atoms with E-state index >= 15 is 0 Å². The Balaban J connectivity index is 2.51. The summed E-state index contributed by atoms with van der Waals surface area (Å²) >= 11 is 0. The molecule has 4 N–H and O–H groups in total. The number of carbonyl (C=O) groups is 1. The molecule has 0 aliphatic rings. The molecule has 4 nitrogen and oxygen atoms in total. The van der Waals surface area contributed by atoms with Gasteiger partial charge in [-0.05, 0) is 37.6 Å². The number of anilines is 1. The van der Waals surface area contributed by atoms with E-state index in [1.807, 2.05) is 6.92 Å². The first-order valence-corrected chi connectivity index (χ1v) is 6.05. The Kier molecular flexibility index (Phi) is 5.49. The monoisotopic (exact) mass is 235 g/mol. The van der Waals surface area contributed by atoms with Gasteiger partial charge in [-0.25, -0.2) is 0 Å². The van der Waals surface area contributed by atoms with Crippen LogP contribution in [0.4, 0.5) is 5.69 Å². The second-order valence-corrected chi connectivity index (χ2v) is 4.24. The lowest BCUT2D eigenvalue weighted by atomic mass is 10.1. The summed E-state index contributed by atoms with van der Waals surface area (Å²) in [7, 11) is 0. The van der Waals surface area contributed by atoms with Crippen molar-refractivity contribution in [3.63, 3.8) is 0 Å². The zero-order valence-electron chi connectivity index (χ0n) is 10.5. The molecule has 1 atom stereocenters. The number of hydrogen-bond acceptors (Lipinski definition) is 3. The Morgan fingerprint density at radius 3 is 2.53 bits per heavy atom. The first kappa shape index (κ1) is 13.5. The predicted octanol–water partition coefficient (Wildman–Crippen LogP) is 2.28. The molecule has 1 rings (SSSR count). The van der Waals surface area contributed by atoms with E-state index in [9.17, 15) is 4.79 Å². The van der Waals surface area contributed by atoms with E-state index in [0.29, 0.717) is 5.56 Å². The number of hydrogen-bond donors (Lipinski definition) is 3. The maximum absolute atomic E-state index is 11.9. The standard InChI is InChI=1S/C13H21N3O/c1-3-4-5-10(2)15-13(17)11-6-8-12(16-14)9-7-11/h6-10,16H,3-5,14H2,1-2H3,(H,15,17). The van der Waals surface area contributed by atoms with Crippen molar-refractivity contribution in [1.29, 1.82) is 0 Å². The van der Waals surface area contributed by atoms with Gasteiger partial charge in [-0.2, -0.15) is 0 Å². The fourth-order valence-electron chi connectivity index (χ4n) is 1.61. The van der Waals surface area contributed by atoms with E-state index in [4.69, 9.17) is 5.84 Å². The molecule has 0 radical (unpaired) electrons. The van der Waals surface area contributed by atoms with Crippen molar-refractivity contribution in [1.82, 2.24) is 5.32 Å². The van der Waals surface area contributed by atoms with Gasteiger partial charge in [0.15, 0.2) is 0 Å². The highest BCUT2D eigenvalue weighted by Crippen LogP contribution is 2.08. The van der Waals surface area contributed by atoms with Crippen molar-refractivity contribution >= 4 is 11.6 Å². The zero-order chi connectivity index (χ0) is 12.7. The van der Waals surface area contributed by atoms with Crippen LogP contribution in [0.1, 0.15) is 43.5 Å². The van der Waals surface area contributed by atoms with E-state index < -0.39 is 0 Å². The van der Waals surface area contributed by atoms with Crippen molar-refractivity contribution in [3.8, 4) is 0 Å². The molecule has 17 heavy (non-hydrogen) atoms. The third-order valence-corrected chi connectivity index (χ3v) is 2.68. The van der Waals surface area contributed by atoms with E-state index in [1.54, 1.807) is 24.3 Å². The molecule has 0 aliphatic carbocycles. The average molecular weight is 235 g/mol. The number of rotatable bonds is 6. The van der Waals surface area contributed by atoms with Gasteiger partial charge in [0.25, 0.3) is 5.91 Å². The van der Waals surface area contributed by atoms with Crippen molar-refractivity contribution in [3.05, 3.63) is 29.8 Å². The molecule has 1 unspecified atom stereocenters. The Hall–Kier alpha value is -1.55. The topological polar surface area (TPSA) is 67.2 Å². The molecule has 1 aromatic rings. The SMILES string of the molecule is CCCCC(C)NC(=O)c1ccc(NN)cc1.